The van der Waals surface area contributed by atoms with Gasteiger partial charge in [-0.25, -0.2) is 4.39 Å². The number of halogens is 1. The minimum Gasteiger partial charge on any atom is -0.350 e. The number of amides is 2. The topological polar surface area (TPSA) is 49.4 Å². The zero-order valence-electron chi connectivity index (χ0n) is 18.0. The van der Waals surface area contributed by atoms with Gasteiger partial charge < -0.3 is 10.2 Å². The van der Waals surface area contributed by atoms with Crippen molar-refractivity contribution in [3.8, 4) is 0 Å². The van der Waals surface area contributed by atoms with Crippen LogP contribution in [-0.4, -0.2) is 28.3 Å². The first kappa shape index (κ1) is 22.6. The molecule has 0 aliphatic rings. The summed E-state index contributed by atoms with van der Waals surface area (Å²) in [4.78, 5) is 27.8. The summed E-state index contributed by atoms with van der Waals surface area (Å²) in [7, 11) is 0. The predicted molar refractivity (Wildman–Crippen MR) is 114 cm³/mol. The maximum Gasteiger partial charge on any atom is 0.243 e. The summed E-state index contributed by atoms with van der Waals surface area (Å²) < 4.78 is 13.2. The standard InChI is InChI=1S/C24H31FN2O2/c1-6-21(23(29)26-24(3,4)5)27(16-19-9-7-8-17(2)14-19)22(28)15-18-10-12-20(25)13-11-18/h7-14,21H,6,15-16H2,1-5H3,(H,26,29)/t21-/m1/s1. The fraction of sp³-hybridized carbons (Fsp3) is 0.417. The Balaban J connectivity index is 2.30. The SMILES string of the molecule is CC[C@H](C(=O)NC(C)(C)C)N(Cc1cccc(C)c1)C(=O)Cc1ccc(F)cc1. The fourth-order valence-corrected chi connectivity index (χ4v) is 3.26. The van der Waals surface area contributed by atoms with E-state index in [0.29, 0.717) is 13.0 Å². The maximum absolute atomic E-state index is 13.2. The van der Waals surface area contributed by atoms with Gasteiger partial charge in [0.1, 0.15) is 11.9 Å². The fourth-order valence-electron chi connectivity index (χ4n) is 3.26. The number of carbonyl (C=O) groups excluding carboxylic acids is 2. The van der Waals surface area contributed by atoms with E-state index < -0.39 is 6.04 Å². The van der Waals surface area contributed by atoms with Crippen LogP contribution in [0.1, 0.15) is 50.8 Å². The van der Waals surface area contributed by atoms with Crippen LogP contribution in [0.25, 0.3) is 0 Å². The van der Waals surface area contributed by atoms with Gasteiger partial charge in [0, 0.05) is 12.1 Å². The van der Waals surface area contributed by atoms with Crippen molar-refractivity contribution in [2.45, 2.75) is 65.6 Å². The molecular formula is C24H31FN2O2. The molecule has 4 nitrogen and oxygen atoms in total. The Morgan fingerprint density at radius 3 is 2.28 bits per heavy atom. The van der Waals surface area contributed by atoms with Crippen LogP contribution >= 0.6 is 0 Å². The largest absolute Gasteiger partial charge is 0.350 e. The molecule has 1 atom stereocenters. The average Bonchev–Trinajstić information content (AvgIpc) is 2.62. The van der Waals surface area contributed by atoms with Crippen LogP contribution < -0.4 is 5.32 Å². The molecular weight excluding hydrogens is 367 g/mol. The smallest absolute Gasteiger partial charge is 0.243 e. The quantitative estimate of drug-likeness (QED) is 0.752. The molecule has 2 aromatic carbocycles. The lowest BCUT2D eigenvalue weighted by atomic mass is 10.0. The first-order valence-corrected chi connectivity index (χ1v) is 10.0. The van der Waals surface area contributed by atoms with Gasteiger partial charge in [-0.3, -0.25) is 9.59 Å². The van der Waals surface area contributed by atoms with Crippen LogP contribution in [0.4, 0.5) is 4.39 Å². The zero-order valence-corrected chi connectivity index (χ0v) is 18.0. The van der Waals surface area contributed by atoms with E-state index in [2.05, 4.69) is 5.32 Å². The Kier molecular flexibility index (Phi) is 7.54. The number of hydrogen-bond acceptors (Lipinski definition) is 2. The van der Waals surface area contributed by atoms with Gasteiger partial charge in [0.15, 0.2) is 0 Å². The summed E-state index contributed by atoms with van der Waals surface area (Å²) >= 11 is 0. The normalized spacial score (nSPS) is 12.3. The third kappa shape index (κ3) is 7.00. The van der Waals surface area contributed by atoms with Crippen molar-refractivity contribution in [1.82, 2.24) is 10.2 Å². The van der Waals surface area contributed by atoms with E-state index in [1.165, 1.54) is 12.1 Å². The summed E-state index contributed by atoms with van der Waals surface area (Å²) in [5, 5.41) is 2.99. The highest BCUT2D eigenvalue weighted by molar-refractivity contribution is 5.88. The van der Waals surface area contributed by atoms with E-state index >= 15 is 0 Å². The van der Waals surface area contributed by atoms with E-state index in [1.54, 1.807) is 17.0 Å². The summed E-state index contributed by atoms with van der Waals surface area (Å²) in [5.74, 6) is -0.664. The second kappa shape index (κ2) is 9.68. The summed E-state index contributed by atoms with van der Waals surface area (Å²) in [6, 6.07) is 13.2. The minimum absolute atomic E-state index is 0.116. The number of rotatable bonds is 7. The highest BCUT2D eigenvalue weighted by Crippen LogP contribution is 2.17. The van der Waals surface area contributed by atoms with Gasteiger partial charge in [0.25, 0.3) is 0 Å². The Morgan fingerprint density at radius 1 is 1.07 bits per heavy atom. The molecule has 2 rings (SSSR count). The first-order chi connectivity index (χ1) is 13.6. The number of carbonyl (C=O) groups is 2. The molecule has 156 valence electrons. The van der Waals surface area contributed by atoms with Crippen molar-refractivity contribution in [3.63, 3.8) is 0 Å². The molecule has 0 saturated heterocycles. The molecule has 0 unspecified atom stereocenters. The lowest BCUT2D eigenvalue weighted by Crippen LogP contribution is -2.53. The molecule has 0 aliphatic heterocycles. The van der Waals surface area contributed by atoms with Gasteiger partial charge in [-0.15, -0.1) is 0 Å². The molecule has 0 aliphatic carbocycles. The third-order valence-electron chi connectivity index (χ3n) is 4.59. The molecule has 0 heterocycles. The maximum atomic E-state index is 13.2. The molecule has 0 spiro atoms. The molecule has 2 amide bonds. The Hall–Kier alpha value is -2.69. The molecule has 0 radical (unpaired) electrons. The average molecular weight is 399 g/mol. The van der Waals surface area contributed by atoms with Crippen LogP contribution in [0.3, 0.4) is 0 Å². The number of nitrogens with one attached hydrogen (secondary N) is 1. The van der Waals surface area contributed by atoms with Crippen LogP contribution in [0.15, 0.2) is 48.5 Å². The van der Waals surface area contributed by atoms with Gasteiger partial charge in [0.2, 0.25) is 11.8 Å². The van der Waals surface area contributed by atoms with Crippen molar-refractivity contribution in [2.75, 3.05) is 0 Å². The van der Waals surface area contributed by atoms with Crippen LogP contribution in [0, 0.1) is 12.7 Å². The van der Waals surface area contributed by atoms with Gasteiger partial charge in [-0.05, 0) is 57.4 Å². The van der Waals surface area contributed by atoms with E-state index in [9.17, 15) is 14.0 Å². The minimum atomic E-state index is -0.581. The van der Waals surface area contributed by atoms with Crippen molar-refractivity contribution < 1.29 is 14.0 Å². The third-order valence-corrected chi connectivity index (χ3v) is 4.59. The van der Waals surface area contributed by atoms with Crippen molar-refractivity contribution in [2.24, 2.45) is 0 Å². The van der Waals surface area contributed by atoms with Crippen molar-refractivity contribution >= 4 is 11.8 Å². The highest BCUT2D eigenvalue weighted by Gasteiger charge is 2.30. The van der Waals surface area contributed by atoms with E-state index in [-0.39, 0.29) is 29.6 Å². The van der Waals surface area contributed by atoms with Gasteiger partial charge in [-0.2, -0.15) is 0 Å². The molecule has 0 aromatic heterocycles. The van der Waals surface area contributed by atoms with Crippen LogP contribution in [0.5, 0.6) is 0 Å². The van der Waals surface area contributed by atoms with Crippen molar-refractivity contribution in [3.05, 3.63) is 71.0 Å². The van der Waals surface area contributed by atoms with Crippen LogP contribution in [0.2, 0.25) is 0 Å². The van der Waals surface area contributed by atoms with Gasteiger partial charge in [-0.1, -0.05) is 48.9 Å². The Morgan fingerprint density at radius 2 is 1.72 bits per heavy atom. The summed E-state index contributed by atoms with van der Waals surface area (Å²) in [5.41, 5.74) is 2.40. The monoisotopic (exact) mass is 398 g/mol. The van der Waals surface area contributed by atoms with Crippen LogP contribution in [-0.2, 0) is 22.6 Å². The van der Waals surface area contributed by atoms with E-state index in [1.807, 2.05) is 58.9 Å². The molecule has 29 heavy (non-hydrogen) atoms. The molecule has 2 aromatic rings. The predicted octanol–water partition coefficient (Wildman–Crippen LogP) is 4.40. The first-order valence-electron chi connectivity index (χ1n) is 10.0. The Bertz CT molecular complexity index is 841. The second-order valence-electron chi connectivity index (χ2n) is 8.48. The van der Waals surface area contributed by atoms with Crippen molar-refractivity contribution in [1.29, 1.82) is 0 Å². The number of aryl methyl sites for hydroxylation is 1. The van der Waals surface area contributed by atoms with Gasteiger partial charge >= 0.3 is 0 Å². The summed E-state index contributed by atoms with van der Waals surface area (Å²) in [6.07, 6.45) is 0.619. The highest BCUT2D eigenvalue weighted by atomic mass is 19.1. The lowest BCUT2D eigenvalue weighted by Gasteiger charge is -2.33. The Labute approximate surface area is 173 Å². The van der Waals surface area contributed by atoms with E-state index in [0.717, 1.165) is 16.7 Å². The zero-order chi connectivity index (χ0) is 21.6. The van der Waals surface area contributed by atoms with E-state index in [4.69, 9.17) is 0 Å². The number of benzene rings is 2. The lowest BCUT2D eigenvalue weighted by molar-refractivity contribution is -0.141. The number of nitrogens with zero attached hydrogens (tertiary/aromatic N) is 1. The van der Waals surface area contributed by atoms with Gasteiger partial charge in [0.05, 0.1) is 6.42 Å². The molecule has 0 fully saturated rings. The molecule has 1 N–H and O–H groups in total. The summed E-state index contributed by atoms with van der Waals surface area (Å²) in [6.45, 7) is 10.0. The molecule has 0 bridgehead atoms. The molecule has 5 heteroatoms. The second-order valence-corrected chi connectivity index (χ2v) is 8.48. The molecule has 0 saturated carbocycles. The number of hydrogen-bond donors (Lipinski definition) is 1.